The number of hydrogen-bond donors (Lipinski definition) is 0. The predicted octanol–water partition coefficient (Wildman–Crippen LogP) is 6.78. The second-order valence-electron chi connectivity index (χ2n) is 6.48. The van der Waals surface area contributed by atoms with Crippen molar-refractivity contribution in [2.24, 2.45) is 0 Å². The maximum Gasteiger partial charge on any atom is 0.185 e. The summed E-state index contributed by atoms with van der Waals surface area (Å²) in [4.78, 5) is 22.5. The Balaban J connectivity index is 0.000000969. The van der Waals surface area contributed by atoms with Crippen LogP contribution >= 0.6 is 11.8 Å². The van der Waals surface area contributed by atoms with E-state index in [2.05, 4.69) is 0 Å². The summed E-state index contributed by atoms with van der Waals surface area (Å²) in [5.74, 6) is 1.25. The van der Waals surface area contributed by atoms with Crippen LogP contribution < -0.4 is 0 Å². The van der Waals surface area contributed by atoms with E-state index in [0.29, 0.717) is 6.42 Å². The van der Waals surface area contributed by atoms with Gasteiger partial charge in [-0.15, -0.1) is 0 Å². The summed E-state index contributed by atoms with van der Waals surface area (Å²) >= 11 is 1.44. The van der Waals surface area contributed by atoms with Gasteiger partial charge in [0.25, 0.3) is 0 Å². The normalized spacial score (nSPS) is 9.81. The molecule has 0 heterocycles. The van der Waals surface area contributed by atoms with Crippen LogP contribution in [0.1, 0.15) is 75.1 Å². The van der Waals surface area contributed by atoms with E-state index < -0.39 is 0 Å². The summed E-state index contributed by atoms with van der Waals surface area (Å²) in [6.07, 6.45) is 10.3. The fourth-order valence-electron chi connectivity index (χ4n) is 2.69. The van der Waals surface area contributed by atoms with Crippen molar-refractivity contribution >= 4 is 22.7 Å². The summed E-state index contributed by atoms with van der Waals surface area (Å²) in [6, 6.07) is 17.6. The minimum Gasteiger partial charge on any atom is -0.748 e. The number of unbranched alkanes of at least 4 members (excludes halogenated alkanes) is 7. The van der Waals surface area contributed by atoms with Crippen molar-refractivity contribution in [3.8, 4) is 0 Å². The van der Waals surface area contributed by atoms with Crippen molar-refractivity contribution in [1.29, 1.82) is 0 Å². The molecular weight excluding hydrogens is 396 g/mol. The van der Waals surface area contributed by atoms with Gasteiger partial charge in [0, 0.05) is 29.7 Å². The number of Topliss-reactive ketones (excluding diaryl/α,β-unsaturated/α-hetero) is 1. The molecule has 0 aliphatic carbocycles. The molecule has 0 spiro atoms. The summed E-state index contributed by atoms with van der Waals surface area (Å²) in [5, 5.41) is 0.228. The zero-order valence-corrected chi connectivity index (χ0v) is 18.3. The molecule has 2 nitrogen and oxygen atoms in total. The molecule has 0 saturated heterocycles. The van der Waals surface area contributed by atoms with Gasteiger partial charge >= 0.3 is 0 Å². The Labute approximate surface area is 179 Å². The molecule has 0 radical (unpaired) electrons. The molecule has 0 atom stereocenters. The van der Waals surface area contributed by atoms with Gasteiger partial charge in [-0.05, 0) is 19.3 Å². The maximum absolute atomic E-state index is 11.8. The van der Waals surface area contributed by atoms with E-state index in [1.54, 1.807) is 6.92 Å². The molecular formula is C23H32FeO2S-6. The third-order valence-corrected chi connectivity index (χ3v) is 5.04. The number of carbonyl (C=O) groups is 2. The zero-order chi connectivity index (χ0) is 18.9. The third kappa shape index (κ3) is 15.6. The van der Waals surface area contributed by atoms with E-state index in [-0.39, 0.29) is 28.0 Å². The van der Waals surface area contributed by atoms with Crippen molar-refractivity contribution < 1.29 is 26.7 Å². The van der Waals surface area contributed by atoms with Crippen molar-refractivity contribution in [2.75, 3.05) is 5.75 Å². The maximum atomic E-state index is 11.8. The smallest absolute Gasteiger partial charge is 0.185 e. The first-order valence-electron chi connectivity index (χ1n) is 9.75. The summed E-state index contributed by atoms with van der Waals surface area (Å²) < 4.78 is 0. The predicted molar refractivity (Wildman–Crippen MR) is 113 cm³/mol. The van der Waals surface area contributed by atoms with Gasteiger partial charge in [-0.3, -0.25) is 4.79 Å². The first kappa shape index (κ1) is 25.9. The Morgan fingerprint density at radius 2 is 1.22 bits per heavy atom. The molecule has 0 saturated carbocycles. The Bertz CT molecular complexity index is 544. The first-order chi connectivity index (χ1) is 12.7. The van der Waals surface area contributed by atoms with Gasteiger partial charge in [-0.25, -0.2) is 12.1 Å². The fraction of sp³-hybridized carbons (Fsp3) is 0.478. The van der Waals surface area contributed by atoms with Crippen LogP contribution in [0.15, 0.2) is 54.6 Å². The van der Waals surface area contributed by atoms with Crippen molar-refractivity contribution in [1.82, 2.24) is 0 Å². The van der Waals surface area contributed by atoms with Crippen LogP contribution in [-0.4, -0.2) is 16.7 Å². The van der Waals surface area contributed by atoms with Gasteiger partial charge in [0.05, 0.1) is 0 Å². The van der Waals surface area contributed by atoms with Gasteiger partial charge in [-0.1, -0.05) is 55.9 Å². The Kier molecular flexibility index (Phi) is 17.5. The van der Waals surface area contributed by atoms with Crippen molar-refractivity contribution in [2.45, 2.75) is 64.7 Å². The number of carbonyl (C=O) groups excluding carboxylic acids is 2. The standard InChI is InChI=1S/C18H27O2S.C5H5.Fe/c1-16(19)21-15-11-7-5-3-2-4-6-8-14-18(20)17-12-9-10-13-17;1-2-4-5-3-1;/h9-10,12-13H,2-8,11,14-15H2,1H3;1-5H;/q-1;-5;. The fourth-order valence-corrected chi connectivity index (χ4v) is 3.33. The molecule has 0 fully saturated rings. The van der Waals surface area contributed by atoms with Crippen LogP contribution in [-0.2, 0) is 21.9 Å². The molecule has 0 bridgehead atoms. The van der Waals surface area contributed by atoms with E-state index in [1.807, 2.05) is 54.6 Å². The average molecular weight is 428 g/mol. The molecule has 156 valence electrons. The first-order valence-corrected chi connectivity index (χ1v) is 10.7. The number of hydrogen-bond acceptors (Lipinski definition) is 3. The largest absolute Gasteiger partial charge is 0.748 e. The van der Waals surface area contributed by atoms with Gasteiger partial charge in [0.2, 0.25) is 0 Å². The quantitative estimate of drug-likeness (QED) is 0.162. The van der Waals surface area contributed by atoms with E-state index in [4.69, 9.17) is 0 Å². The minimum atomic E-state index is 0. The SMILES string of the molecule is CC(=O)SCCCCCCCCCCC(=O)[c-]1cccc1.[Fe].[cH-]1[cH-][cH-][cH-][cH-]1. The van der Waals surface area contributed by atoms with Crippen LogP contribution in [0.5, 0.6) is 0 Å². The van der Waals surface area contributed by atoms with Gasteiger partial charge in [0.15, 0.2) is 5.12 Å². The molecule has 2 aromatic carbocycles. The molecule has 0 amide bonds. The van der Waals surface area contributed by atoms with Crippen LogP contribution in [0.3, 0.4) is 0 Å². The molecule has 0 N–H and O–H groups in total. The molecule has 0 aliphatic rings. The van der Waals surface area contributed by atoms with Crippen LogP contribution in [0.25, 0.3) is 0 Å². The average Bonchev–Trinajstić information content (AvgIpc) is 3.35. The molecule has 2 aromatic rings. The Morgan fingerprint density at radius 1 is 0.778 bits per heavy atom. The van der Waals surface area contributed by atoms with Crippen molar-refractivity contribution in [3.63, 3.8) is 0 Å². The van der Waals surface area contributed by atoms with Crippen LogP contribution in [0, 0.1) is 0 Å². The van der Waals surface area contributed by atoms with E-state index in [1.165, 1.54) is 43.9 Å². The van der Waals surface area contributed by atoms with E-state index >= 15 is 0 Å². The van der Waals surface area contributed by atoms with Gasteiger partial charge in [0.1, 0.15) is 5.78 Å². The van der Waals surface area contributed by atoms with Gasteiger partial charge in [-0.2, -0.15) is 12.1 Å². The van der Waals surface area contributed by atoms with E-state index in [0.717, 1.165) is 30.6 Å². The molecule has 0 unspecified atom stereocenters. The Morgan fingerprint density at radius 3 is 1.70 bits per heavy atom. The minimum absolute atomic E-state index is 0. The van der Waals surface area contributed by atoms with Crippen LogP contribution in [0.4, 0.5) is 0 Å². The van der Waals surface area contributed by atoms with Crippen molar-refractivity contribution in [3.05, 3.63) is 60.2 Å². The molecule has 2 rings (SSSR count). The number of rotatable bonds is 12. The van der Waals surface area contributed by atoms with Gasteiger partial charge < -0.3 is 35.1 Å². The topological polar surface area (TPSA) is 34.1 Å². The monoisotopic (exact) mass is 428 g/mol. The third-order valence-electron chi connectivity index (χ3n) is 4.14. The molecule has 4 heteroatoms. The second kappa shape index (κ2) is 18.3. The second-order valence-corrected chi connectivity index (χ2v) is 7.75. The summed E-state index contributed by atoms with van der Waals surface area (Å²) in [5.41, 5.74) is 0.860. The van der Waals surface area contributed by atoms with E-state index in [9.17, 15) is 9.59 Å². The Hall–Kier alpha value is -1.09. The molecule has 0 aliphatic heterocycles. The number of thioether (sulfide) groups is 1. The summed E-state index contributed by atoms with van der Waals surface area (Å²) in [7, 11) is 0. The zero-order valence-electron chi connectivity index (χ0n) is 16.3. The van der Waals surface area contributed by atoms with Crippen LogP contribution in [0.2, 0.25) is 0 Å². The summed E-state index contributed by atoms with van der Waals surface area (Å²) in [6.45, 7) is 1.63. The number of ketones is 1. The molecule has 0 aromatic heterocycles. The molecule has 27 heavy (non-hydrogen) atoms.